The van der Waals surface area contributed by atoms with Gasteiger partial charge in [-0.3, -0.25) is 4.90 Å². The fourth-order valence-electron chi connectivity index (χ4n) is 7.89. The summed E-state index contributed by atoms with van der Waals surface area (Å²) in [5, 5.41) is 11.5. The van der Waals surface area contributed by atoms with Crippen LogP contribution in [0, 0.1) is 24.0 Å². The molecule has 4 aromatic rings. The molecule has 0 saturated carbocycles. The van der Waals surface area contributed by atoms with E-state index in [9.17, 15) is 13.9 Å². The van der Waals surface area contributed by atoms with Gasteiger partial charge >= 0.3 is 0 Å². The Labute approximate surface area is 263 Å². The minimum Gasteiger partial charge on any atom is -0.476 e. The summed E-state index contributed by atoms with van der Waals surface area (Å²) in [6.07, 6.45) is 8.22. The zero-order valence-corrected chi connectivity index (χ0v) is 25.1. The Kier molecular flexibility index (Phi) is 6.88. The maximum absolute atomic E-state index is 17.0. The molecule has 0 aliphatic carbocycles. The lowest BCUT2D eigenvalue weighted by Crippen LogP contribution is -2.43. The van der Waals surface area contributed by atoms with Gasteiger partial charge < -0.3 is 25.2 Å². The van der Waals surface area contributed by atoms with Crippen molar-refractivity contribution >= 4 is 33.2 Å². The quantitative estimate of drug-likeness (QED) is 0.309. The Hall–Kier alpha value is -4.34. The fourth-order valence-corrected chi connectivity index (χ4v) is 7.89. The average Bonchev–Trinajstić information content (AvgIpc) is 3.43. The number of benzene rings is 1. The van der Waals surface area contributed by atoms with E-state index in [4.69, 9.17) is 21.6 Å². The Morgan fingerprint density at radius 3 is 2.83 bits per heavy atom. The number of alkyl halides is 1. The molecule has 1 aromatic carbocycles. The van der Waals surface area contributed by atoms with Gasteiger partial charge in [0, 0.05) is 31.0 Å². The Morgan fingerprint density at radius 1 is 1.11 bits per heavy atom. The number of aliphatic hydroxyl groups is 1. The topological polar surface area (TPSA) is 110 Å². The van der Waals surface area contributed by atoms with Crippen molar-refractivity contribution in [2.24, 2.45) is 0 Å². The van der Waals surface area contributed by atoms with Gasteiger partial charge in [0.15, 0.2) is 5.82 Å². The van der Waals surface area contributed by atoms with Gasteiger partial charge in [-0.2, -0.15) is 0 Å². The summed E-state index contributed by atoms with van der Waals surface area (Å²) in [5.74, 6) is 1.28. The largest absolute Gasteiger partial charge is 0.476 e. The molecule has 4 aliphatic heterocycles. The highest BCUT2D eigenvalue weighted by atomic mass is 19.1. The van der Waals surface area contributed by atoms with Crippen LogP contribution in [0.4, 0.5) is 24.7 Å². The molecule has 4 atom stereocenters. The number of nitrogens with two attached hydrogens (primary N) is 1. The highest BCUT2D eigenvalue weighted by Crippen LogP contribution is 2.45. The molecule has 3 aromatic heterocycles. The zero-order chi connectivity index (χ0) is 31.7. The second kappa shape index (κ2) is 10.9. The van der Waals surface area contributed by atoms with Crippen LogP contribution < -0.4 is 20.1 Å². The van der Waals surface area contributed by atoms with Gasteiger partial charge in [-0.05, 0) is 56.2 Å². The summed E-state index contributed by atoms with van der Waals surface area (Å²) in [5.41, 5.74) is 5.91. The lowest BCUT2D eigenvalue weighted by Gasteiger charge is -2.32. The Balaban J connectivity index is 1.33. The number of aromatic nitrogens is 3. The van der Waals surface area contributed by atoms with Crippen molar-refractivity contribution in [3.05, 3.63) is 41.5 Å². The van der Waals surface area contributed by atoms with E-state index >= 15 is 4.39 Å². The molecule has 3 saturated heterocycles. The number of rotatable bonds is 4. The van der Waals surface area contributed by atoms with Crippen molar-refractivity contribution in [2.45, 2.75) is 62.4 Å². The zero-order valence-electron chi connectivity index (χ0n) is 25.1. The van der Waals surface area contributed by atoms with Crippen LogP contribution >= 0.6 is 0 Å². The van der Waals surface area contributed by atoms with Crippen LogP contribution in [-0.4, -0.2) is 81.7 Å². The number of halogens is 3. The van der Waals surface area contributed by atoms with Crippen LogP contribution in [0.2, 0.25) is 0 Å². The number of aliphatic hydroxyl groups excluding tert-OH is 1. The van der Waals surface area contributed by atoms with Gasteiger partial charge in [0.1, 0.15) is 47.9 Å². The van der Waals surface area contributed by atoms with Gasteiger partial charge in [0.25, 0.3) is 0 Å². The molecule has 0 radical (unpaired) electrons. The molecule has 12 heteroatoms. The smallest absolute Gasteiger partial charge is 0.226 e. The summed E-state index contributed by atoms with van der Waals surface area (Å²) in [7, 11) is 0. The van der Waals surface area contributed by atoms with Gasteiger partial charge in [-0.25, -0.2) is 28.1 Å². The number of pyridine rings is 3. The van der Waals surface area contributed by atoms with Crippen LogP contribution in [0.5, 0.6) is 11.8 Å². The number of hydrogen-bond acceptors (Lipinski definition) is 9. The lowest BCUT2D eigenvalue weighted by molar-refractivity contribution is 0.111. The summed E-state index contributed by atoms with van der Waals surface area (Å²) in [6, 6.07) is 5.92. The Bertz CT molecular complexity index is 1930. The minimum absolute atomic E-state index is 0.0290. The molecule has 0 amide bonds. The third-order valence-electron chi connectivity index (χ3n) is 10.1. The number of terminal acetylenes is 1. The van der Waals surface area contributed by atoms with Crippen molar-refractivity contribution in [3.8, 4) is 35.5 Å². The molecule has 7 heterocycles. The predicted octanol–water partition coefficient (Wildman–Crippen LogP) is 4.75. The van der Waals surface area contributed by atoms with Crippen molar-refractivity contribution in [3.63, 3.8) is 0 Å². The van der Waals surface area contributed by atoms with Crippen LogP contribution in [0.1, 0.15) is 44.1 Å². The number of ether oxygens (including phenoxy) is 2. The first-order valence-corrected chi connectivity index (χ1v) is 15.7. The van der Waals surface area contributed by atoms with Crippen LogP contribution in [0.3, 0.4) is 0 Å². The van der Waals surface area contributed by atoms with Gasteiger partial charge in [-0.15, -0.1) is 6.42 Å². The lowest BCUT2D eigenvalue weighted by atomic mass is 9.95. The summed E-state index contributed by atoms with van der Waals surface area (Å²) in [4.78, 5) is 17.9. The molecule has 0 spiro atoms. The number of fused-ring (bicyclic) bond motifs is 4. The number of nitrogens with zero attached hydrogens (tertiary/aromatic N) is 5. The molecule has 46 heavy (non-hydrogen) atoms. The molecule has 1 unspecified atom stereocenters. The minimum atomic E-state index is -0.924. The third-order valence-corrected chi connectivity index (χ3v) is 10.1. The van der Waals surface area contributed by atoms with E-state index in [1.165, 1.54) is 18.2 Å². The van der Waals surface area contributed by atoms with E-state index in [1.54, 1.807) is 6.07 Å². The van der Waals surface area contributed by atoms with Crippen molar-refractivity contribution in [1.82, 2.24) is 19.9 Å². The predicted molar refractivity (Wildman–Crippen MR) is 168 cm³/mol. The van der Waals surface area contributed by atoms with Crippen molar-refractivity contribution in [1.29, 1.82) is 0 Å². The number of hydrogen-bond donors (Lipinski definition) is 2. The standard InChI is InChI=1S/C34H33F3N6O3/c1-2-22-23(36)7-4-18-12-25(38)39-31(27(18)22)32-29(37)30-28-24(43-11-8-21(44)6-5-20(43)16-45-33(28)41-32)13-26(40-30)46-17-34-9-3-10-42(34)15-19(35)14-34/h1,4,7,12-13,19-21,44H,3,5-6,8-11,14-17H2,(H2,38,39)/t19?,20-,21-,34-/m0/s1. The van der Waals surface area contributed by atoms with Crippen LogP contribution in [0.25, 0.3) is 33.1 Å². The second-order valence-electron chi connectivity index (χ2n) is 12.9. The first-order valence-electron chi connectivity index (χ1n) is 15.7. The normalized spacial score (nSPS) is 25.9. The summed E-state index contributed by atoms with van der Waals surface area (Å²) >= 11 is 0. The Morgan fingerprint density at radius 2 is 1.98 bits per heavy atom. The molecular formula is C34H33F3N6O3. The molecule has 8 rings (SSSR count). The van der Waals surface area contributed by atoms with Gasteiger partial charge in [0.05, 0.1) is 34.3 Å². The maximum atomic E-state index is 17.0. The maximum Gasteiger partial charge on any atom is 0.226 e. The van der Waals surface area contributed by atoms with Crippen LogP contribution in [0.15, 0.2) is 24.3 Å². The van der Waals surface area contributed by atoms with E-state index in [0.717, 1.165) is 19.4 Å². The summed E-state index contributed by atoms with van der Waals surface area (Å²) in [6.45, 7) is 2.13. The second-order valence-corrected chi connectivity index (χ2v) is 12.9. The van der Waals surface area contributed by atoms with Gasteiger partial charge in [-0.1, -0.05) is 12.0 Å². The summed E-state index contributed by atoms with van der Waals surface area (Å²) < 4.78 is 59.0. The first-order chi connectivity index (χ1) is 22.2. The SMILES string of the molecule is C#Cc1c(F)ccc2cc(N)nc(-c3nc4c5c(cc(OC[C@@]67CCCN6CC(F)C7)nc5c3F)N3CC[C@@H](O)CC[C@H]3CO4)c12. The van der Waals surface area contributed by atoms with Gasteiger partial charge in [0.2, 0.25) is 11.8 Å². The first kappa shape index (κ1) is 29.1. The number of nitrogen functional groups attached to an aromatic ring is 1. The van der Waals surface area contributed by atoms with E-state index in [2.05, 4.69) is 30.7 Å². The average molecular weight is 631 g/mol. The molecule has 238 valence electrons. The van der Waals surface area contributed by atoms with Crippen LogP contribution in [-0.2, 0) is 0 Å². The molecule has 3 fully saturated rings. The van der Waals surface area contributed by atoms with E-state index < -0.39 is 29.4 Å². The third kappa shape index (κ3) is 4.59. The molecule has 4 aliphatic rings. The van der Waals surface area contributed by atoms with E-state index in [-0.39, 0.29) is 64.7 Å². The molecule has 0 bridgehead atoms. The fraction of sp³-hybridized carbons (Fsp3) is 0.441. The van der Waals surface area contributed by atoms with Crippen molar-refractivity contribution in [2.75, 3.05) is 43.5 Å². The van der Waals surface area contributed by atoms with E-state index in [0.29, 0.717) is 55.2 Å². The van der Waals surface area contributed by atoms with E-state index in [1.807, 2.05) is 0 Å². The molecule has 3 N–H and O–H groups in total. The highest BCUT2D eigenvalue weighted by Gasteiger charge is 2.49. The molecule has 9 nitrogen and oxygen atoms in total. The number of anilines is 2. The highest BCUT2D eigenvalue weighted by molar-refractivity contribution is 6.03. The monoisotopic (exact) mass is 630 g/mol. The van der Waals surface area contributed by atoms with Crippen molar-refractivity contribution < 1.29 is 27.8 Å². The molecular weight excluding hydrogens is 597 g/mol.